The van der Waals surface area contributed by atoms with Gasteiger partial charge in [0.15, 0.2) is 11.9 Å². The van der Waals surface area contributed by atoms with Gasteiger partial charge in [0.1, 0.15) is 6.04 Å². The van der Waals surface area contributed by atoms with Crippen LogP contribution in [-0.4, -0.2) is 45.4 Å². The molecule has 9 heteroatoms. The van der Waals surface area contributed by atoms with E-state index in [0.717, 1.165) is 0 Å². The van der Waals surface area contributed by atoms with E-state index >= 15 is 0 Å². The number of alkyl carbamates (subject to hydrolysis) is 1. The van der Waals surface area contributed by atoms with Gasteiger partial charge in [0.2, 0.25) is 0 Å². The maximum atomic E-state index is 12.2. The molecule has 1 rings (SSSR count). The largest absolute Gasteiger partial charge is 0.453 e. The maximum Gasteiger partial charge on any atom is 0.407 e. The lowest BCUT2D eigenvalue weighted by atomic mass is 9.99. The van der Waals surface area contributed by atoms with E-state index in [1.165, 1.54) is 11.8 Å². The van der Waals surface area contributed by atoms with Crippen LogP contribution in [0.2, 0.25) is 0 Å². The minimum absolute atomic E-state index is 0.0959. The van der Waals surface area contributed by atoms with Gasteiger partial charge < -0.3 is 14.8 Å². The van der Waals surface area contributed by atoms with Crippen LogP contribution in [0.1, 0.15) is 39.1 Å². The van der Waals surface area contributed by atoms with Crippen molar-refractivity contribution in [3.63, 3.8) is 0 Å². The smallest absolute Gasteiger partial charge is 0.407 e. The Hall–Kier alpha value is -2.19. The summed E-state index contributed by atoms with van der Waals surface area (Å²) in [5.74, 6) is -0.226. The number of tetrazole rings is 1. The summed E-state index contributed by atoms with van der Waals surface area (Å²) < 4.78 is 11.3. The first-order valence-corrected chi connectivity index (χ1v) is 6.67. The zero-order valence-electron chi connectivity index (χ0n) is 12.9. The Bertz CT molecular complexity index is 490. The number of carbonyl (C=O) groups is 2. The Morgan fingerprint density at radius 3 is 2.52 bits per heavy atom. The van der Waals surface area contributed by atoms with Crippen LogP contribution < -0.4 is 5.32 Å². The molecule has 0 bridgehead atoms. The number of carbonyl (C=O) groups excluding carboxylic acids is 2. The first kappa shape index (κ1) is 16.9. The summed E-state index contributed by atoms with van der Waals surface area (Å²) in [5.41, 5.74) is 0. The summed E-state index contributed by atoms with van der Waals surface area (Å²) in [6.07, 6.45) is -0.599. The molecule has 21 heavy (non-hydrogen) atoms. The monoisotopic (exact) mass is 299 g/mol. The molecule has 0 saturated carbocycles. The summed E-state index contributed by atoms with van der Waals surface area (Å²) in [6, 6.07) is -0.786. The molecule has 0 aromatic carbocycles. The molecule has 0 aliphatic heterocycles. The SMILES string of the molecule is CC[C@H](C)[C@H](NC(=O)OC)C(=O)OC(C)c1nnnn1C. The predicted molar refractivity (Wildman–Crippen MR) is 72.1 cm³/mol. The Morgan fingerprint density at radius 1 is 1.38 bits per heavy atom. The van der Waals surface area contributed by atoms with Crippen LogP contribution in [-0.2, 0) is 21.3 Å². The van der Waals surface area contributed by atoms with Crippen molar-refractivity contribution >= 4 is 12.1 Å². The summed E-state index contributed by atoms with van der Waals surface area (Å²) in [4.78, 5) is 23.6. The number of nitrogens with zero attached hydrogens (tertiary/aromatic N) is 4. The van der Waals surface area contributed by atoms with Crippen molar-refractivity contribution in [1.29, 1.82) is 0 Å². The predicted octanol–water partition coefficient (Wildman–Crippen LogP) is 0.585. The molecule has 3 atom stereocenters. The van der Waals surface area contributed by atoms with Crippen LogP contribution >= 0.6 is 0 Å². The third kappa shape index (κ3) is 4.40. The van der Waals surface area contributed by atoms with Gasteiger partial charge in [-0.05, 0) is 23.3 Å². The molecule has 0 spiro atoms. The fourth-order valence-corrected chi connectivity index (χ4v) is 1.74. The molecule has 1 heterocycles. The quantitative estimate of drug-likeness (QED) is 0.765. The van der Waals surface area contributed by atoms with Crippen LogP contribution in [0.15, 0.2) is 0 Å². The lowest BCUT2D eigenvalue weighted by molar-refractivity contribution is -0.153. The second kappa shape index (κ2) is 7.55. The number of methoxy groups -OCH3 is 1. The van der Waals surface area contributed by atoms with Crippen molar-refractivity contribution in [2.24, 2.45) is 13.0 Å². The number of aromatic nitrogens is 4. The standard InChI is InChI=1S/C12H21N5O4/c1-6-7(2)9(13-12(19)20-5)11(18)21-8(3)10-14-15-16-17(10)4/h7-9H,6H2,1-5H3,(H,13,19)/t7-,8?,9-/m0/s1. The maximum absolute atomic E-state index is 12.2. The summed E-state index contributed by atoms with van der Waals surface area (Å²) >= 11 is 0. The van der Waals surface area contributed by atoms with E-state index < -0.39 is 24.2 Å². The molecule has 118 valence electrons. The average Bonchev–Trinajstić information content (AvgIpc) is 2.89. The van der Waals surface area contributed by atoms with E-state index in [2.05, 4.69) is 25.6 Å². The van der Waals surface area contributed by atoms with E-state index in [0.29, 0.717) is 12.2 Å². The highest BCUT2D eigenvalue weighted by Gasteiger charge is 2.30. The van der Waals surface area contributed by atoms with E-state index in [-0.39, 0.29) is 5.92 Å². The van der Waals surface area contributed by atoms with Crippen LogP contribution in [0.3, 0.4) is 0 Å². The molecule has 0 saturated heterocycles. The zero-order valence-corrected chi connectivity index (χ0v) is 12.9. The van der Waals surface area contributed by atoms with Crippen LogP contribution in [0.4, 0.5) is 4.79 Å². The Balaban J connectivity index is 2.76. The van der Waals surface area contributed by atoms with Gasteiger partial charge >= 0.3 is 12.1 Å². The highest BCUT2D eigenvalue weighted by atomic mass is 16.6. The second-order valence-electron chi connectivity index (χ2n) is 4.74. The number of esters is 1. The van der Waals surface area contributed by atoms with E-state index in [1.54, 1.807) is 14.0 Å². The van der Waals surface area contributed by atoms with E-state index in [4.69, 9.17) is 4.74 Å². The van der Waals surface area contributed by atoms with Gasteiger partial charge in [-0.2, -0.15) is 0 Å². The number of hydrogen-bond donors (Lipinski definition) is 1. The van der Waals surface area contributed by atoms with Crippen LogP contribution in [0.25, 0.3) is 0 Å². The van der Waals surface area contributed by atoms with Gasteiger partial charge in [-0.25, -0.2) is 14.3 Å². The fourth-order valence-electron chi connectivity index (χ4n) is 1.74. The molecule has 0 aliphatic rings. The van der Waals surface area contributed by atoms with Crippen molar-refractivity contribution < 1.29 is 19.1 Å². The van der Waals surface area contributed by atoms with Gasteiger partial charge in [0, 0.05) is 7.05 Å². The van der Waals surface area contributed by atoms with Crippen molar-refractivity contribution in [3.05, 3.63) is 5.82 Å². The van der Waals surface area contributed by atoms with Gasteiger partial charge in [-0.15, -0.1) is 5.10 Å². The first-order valence-electron chi connectivity index (χ1n) is 6.67. The van der Waals surface area contributed by atoms with Gasteiger partial charge in [-0.3, -0.25) is 0 Å². The highest BCUT2D eigenvalue weighted by Crippen LogP contribution is 2.16. The molecular formula is C12H21N5O4. The lowest BCUT2D eigenvalue weighted by Gasteiger charge is -2.23. The Labute approximate surface area is 123 Å². The topological polar surface area (TPSA) is 108 Å². The molecule has 0 radical (unpaired) electrons. The van der Waals surface area contributed by atoms with Gasteiger partial charge in [0.25, 0.3) is 0 Å². The van der Waals surface area contributed by atoms with Crippen LogP contribution in [0.5, 0.6) is 0 Å². The molecule has 1 unspecified atom stereocenters. The molecule has 1 N–H and O–H groups in total. The molecule has 1 aromatic heterocycles. The minimum atomic E-state index is -0.786. The van der Waals surface area contributed by atoms with E-state index in [1.807, 2.05) is 13.8 Å². The van der Waals surface area contributed by atoms with Crippen molar-refractivity contribution in [2.45, 2.75) is 39.3 Å². The molecule has 9 nitrogen and oxygen atoms in total. The molecular weight excluding hydrogens is 278 g/mol. The first-order chi connectivity index (χ1) is 9.90. The average molecular weight is 299 g/mol. The Morgan fingerprint density at radius 2 is 2.05 bits per heavy atom. The van der Waals surface area contributed by atoms with Gasteiger partial charge in [-0.1, -0.05) is 20.3 Å². The van der Waals surface area contributed by atoms with Gasteiger partial charge in [0.05, 0.1) is 7.11 Å². The van der Waals surface area contributed by atoms with Crippen molar-refractivity contribution in [2.75, 3.05) is 7.11 Å². The van der Waals surface area contributed by atoms with Crippen LogP contribution in [0, 0.1) is 5.92 Å². The molecule has 0 fully saturated rings. The number of hydrogen-bond acceptors (Lipinski definition) is 7. The number of nitrogens with one attached hydrogen (secondary N) is 1. The number of aryl methyl sites for hydroxylation is 1. The van der Waals surface area contributed by atoms with Crippen molar-refractivity contribution in [1.82, 2.24) is 25.5 Å². The molecule has 0 aliphatic carbocycles. The number of amides is 1. The highest BCUT2D eigenvalue weighted by molar-refractivity contribution is 5.81. The third-order valence-electron chi connectivity index (χ3n) is 3.24. The van der Waals surface area contributed by atoms with Crippen molar-refractivity contribution in [3.8, 4) is 0 Å². The summed E-state index contributed by atoms with van der Waals surface area (Å²) in [5, 5.41) is 13.4. The minimum Gasteiger partial charge on any atom is -0.453 e. The second-order valence-corrected chi connectivity index (χ2v) is 4.74. The number of rotatable bonds is 6. The van der Waals surface area contributed by atoms with E-state index in [9.17, 15) is 9.59 Å². The molecule has 1 amide bonds. The lowest BCUT2D eigenvalue weighted by Crippen LogP contribution is -2.46. The zero-order chi connectivity index (χ0) is 16.0. The molecule has 1 aromatic rings. The normalized spacial score (nSPS) is 14.9. The fraction of sp³-hybridized carbons (Fsp3) is 0.750. The summed E-state index contributed by atoms with van der Waals surface area (Å²) in [7, 11) is 2.89. The number of ether oxygens (including phenoxy) is 2. The summed E-state index contributed by atoms with van der Waals surface area (Å²) in [6.45, 7) is 5.42. The third-order valence-corrected chi connectivity index (χ3v) is 3.24. The Kier molecular flexibility index (Phi) is 6.07.